The lowest BCUT2D eigenvalue weighted by Gasteiger charge is -2.33. The monoisotopic (exact) mass is 375 g/mol. The van der Waals surface area contributed by atoms with Crippen LogP contribution in [0.4, 0.5) is 21.0 Å². The minimum Gasteiger partial charge on any atom is -0.452 e. The lowest BCUT2D eigenvalue weighted by molar-refractivity contribution is 0.0115. The molecule has 1 aromatic carbocycles. The van der Waals surface area contributed by atoms with E-state index in [-0.39, 0.29) is 18.2 Å². The quantitative estimate of drug-likeness (QED) is 0.872. The van der Waals surface area contributed by atoms with Gasteiger partial charge >= 0.3 is 12.1 Å². The van der Waals surface area contributed by atoms with Gasteiger partial charge in [-0.1, -0.05) is 6.92 Å². The van der Waals surface area contributed by atoms with Gasteiger partial charge in [-0.3, -0.25) is 4.90 Å². The number of anilines is 2. The first-order chi connectivity index (χ1) is 13.1. The average molecular weight is 375 g/mol. The molecule has 0 spiro atoms. The zero-order valence-electron chi connectivity index (χ0n) is 16.2. The molecule has 7 heteroatoms. The van der Waals surface area contributed by atoms with Crippen LogP contribution in [-0.4, -0.2) is 56.5 Å². The molecule has 0 aliphatic carbocycles. The minimum absolute atomic E-state index is 0.0969. The summed E-state index contributed by atoms with van der Waals surface area (Å²) in [5, 5.41) is 2.99. The normalized spacial score (nSPS) is 19.4. The Bertz CT molecular complexity index is 679. The second kappa shape index (κ2) is 9.08. The standard InChI is InChI=1S/C20H29N3O4/c1-3-12-27-17-7-5-10-22(14-17)19(24)21-16-8-9-18-15(13-16)6-4-11-23(18)20(25)26-2/h8-9,13,17H,3-7,10-12,14H2,1-2H3,(H,21,24). The van der Waals surface area contributed by atoms with Crippen LogP contribution in [0.15, 0.2) is 18.2 Å². The third-order valence-corrected chi connectivity index (χ3v) is 5.07. The van der Waals surface area contributed by atoms with Crippen molar-refractivity contribution in [3.05, 3.63) is 23.8 Å². The lowest BCUT2D eigenvalue weighted by atomic mass is 10.0. The number of methoxy groups -OCH3 is 1. The fraction of sp³-hybridized carbons (Fsp3) is 0.600. The Hall–Kier alpha value is -2.28. The molecule has 2 aliphatic rings. The van der Waals surface area contributed by atoms with Gasteiger partial charge in [0, 0.05) is 31.9 Å². The highest BCUT2D eigenvalue weighted by molar-refractivity contribution is 5.92. The molecule has 1 unspecified atom stereocenters. The van der Waals surface area contributed by atoms with Gasteiger partial charge in [0.25, 0.3) is 0 Å². The number of carbonyl (C=O) groups excluding carboxylic acids is 2. The third kappa shape index (κ3) is 4.71. The van der Waals surface area contributed by atoms with Crippen molar-refractivity contribution in [1.82, 2.24) is 4.90 Å². The van der Waals surface area contributed by atoms with E-state index in [1.54, 1.807) is 4.90 Å². The van der Waals surface area contributed by atoms with Gasteiger partial charge in [-0.05, 0) is 55.9 Å². The number of carbonyl (C=O) groups is 2. The predicted octanol–water partition coefficient (Wildman–Crippen LogP) is 3.63. The van der Waals surface area contributed by atoms with E-state index in [0.29, 0.717) is 13.1 Å². The smallest absolute Gasteiger partial charge is 0.414 e. The van der Waals surface area contributed by atoms with E-state index < -0.39 is 0 Å². The molecule has 1 N–H and O–H groups in total. The number of rotatable bonds is 4. The zero-order valence-corrected chi connectivity index (χ0v) is 16.2. The molecule has 3 amide bonds. The molecule has 0 saturated carbocycles. The van der Waals surface area contributed by atoms with Crippen molar-refractivity contribution in [3.8, 4) is 0 Å². The molecule has 0 bridgehead atoms. The first-order valence-corrected chi connectivity index (χ1v) is 9.78. The van der Waals surface area contributed by atoms with Crippen molar-refractivity contribution in [2.75, 3.05) is 43.6 Å². The molecule has 148 valence electrons. The third-order valence-electron chi connectivity index (χ3n) is 5.07. The number of ether oxygens (including phenoxy) is 2. The van der Waals surface area contributed by atoms with E-state index in [2.05, 4.69) is 12.2 Å². The summed E-state index contributed by atoms with van der Waals surface area (Å²) in [5.74, 6) is 0. The van der Waals surface area contributed by atoms with Gasteiger partial charge in [-0.25, -0.2) is 9.59 Å². The van der Waals surface area contributed by atoms with Crippen molar-refractivity contribution in [2.24, 2.45) is 0 Å². The number of nitrogens with one attached hydrogen (secondary N) is 1. The molecule has 27 heavy (non-hydrogen) atoms. The highest BCUT2D eigenvalue weighted by atomic mass is 16.5. The fourth-order valence-corrected chi connectivity index (χ4v) is 3.72. The molecule has 1 aromatic rings. The van der Waals surface area contributed by atoms with Gasteiger partial charge in [0.1, 0.15) is 0 Å². The zero-order chi connectivity index (χ0) is 19.2. The van der Waals surface area contributed by atoms with Crippen LogP contribution in [0, 0.1) is 0 Å². The molecule has 1 saturated heterocycles. The van der Waals surface area contributed by atoms with Gasteiger partial charge in [0.2, 0.25) is 0 Å². The number of benzene rings is 1. The van der Waals surface area contributed by atoms with Gasteiger partial charge in [0.05, 0.1) is 18.9 Å². The van der Waals surface area contributed by atoms with Gasteiger partial charge in [0.15, 0.2) is 0 Å². The predicted molar refractivity (Wildman–Crippen MR) is 104 cm³/mol. The lowest BCUT2D eigenvalue weighted by Crippen LogP contribution is -2.45. The molecule has 3 rings (SSSR count). The number of hydrogen-bond acceptors (Lipinski definition) is 4. The van der Waals surface area contributed by atoms with Crippen molar-refractivity contribution >= 4 is 23.5 Å². The number of amides is 3. The summed E-state index contributed by atoms with van der Waals surface area (Å²) in [7, 11) is 1.39. The van der Waals surface area contributed by atoms with E-state index in [1.165, 1.54) is 7.11 Å². The second-order valence-corrected chi connectivity index (χ2v) is 7.08. The summed E-state index contributed by atoms with van der Waals surface area (Å²) < 4.78 is 10.7. The number of urea groups is 1. The second-order valence-electron chi connectivity index (χ2n) is 7.08. The number of aryl methyl sites for hydroxylation is 1. The summed E-state index contributed by atoms with van der Waals surface area (Å²) in [6, 6.07) is 5.58. The average Bonchev–Trinajstić information content (AvgIpc) is 2.71. The number of nitrogens with zero attached hydrogens (tertiary/aromatic N) is 2. The molecule has 1 atom stereocenters. The Labute approximate surface area is 160 Å². The first-order valence-electron chi connectivity index (χ1n) is 9.78. The Balaban J connectivity index is 1.64. The summed E-state index contributed by atoms with van der Waals surface area (Å²) in [5.41, 5.74) is 2.66. The fourth-order valence-electron chi connectivity index (χ4n) is 3.72. The van der Waals surface area contributed by atoms with Crippen LogP contribution in [0.25, 0.3) is 0 Å². The summed E-state index contributed by atoms with van der Waals surface area (Å²) >= 11 is 0. The topological polar surface area (TPSA) is 71.1 Å². The van der Waals surface area contributed by atoms with E-state index >= 15 is 0 Å². The Morgan fingerprint density at radius 3 is 2.89 bits per heavy atom. The maximum absolute atomic E-state index is 12.6. The van der Waals surface area contributed by atoms with Crippen molar-refractivity contribution in [2.45, 2.75) is 45.1 Å². The van der Waals surface area contributed by atoms with E-state index in [1.807, 2.05) is 23.1 Å². The highest BCUT2D eigenvalue weighted by Crippen LogP contribution is 2.30. The number of likely N-dealkylation sites (tertiary alicyclic amines) is 1. The van der Waals surface area contributed by atoms with Crippen LogP contribution in [-0.2, 0) is 15.9 Å². The molecule has 2 aliphatic heterocycles. The van der Waals surface area contributed by atoms with E-state index in [9.17, 15) is 9.59 Å². The van der Waals surface area contributed by atoms with Gasteiger partial charge in [-0.15, -0.1) is 0 Å². The van der Waals surface area contributed by atoms with Crippen molar-refractivity contribution < 1.29 is 19.1 Å². The molecular formula is C20H29N3O4. The summed E-state index contributed by atoms with van der Waals surface area (Å²) in [4.78, 5) is 28.0. The molecule has 2 heterocycles. The minimum atomic E-state index is -0.348. The van der Waals surface area contributed by atoms with E-state index in [0.717, 1.165) is 62.2 Å². The van der Waals surface area contributed by atoms with Crippen LogP contribution in [0.5, 0.6) is 0 Å². The molecule has 1 fully saturated rings. The van der Waals surface area contributed by atoms with Crippen LogP contribution in [0.2, 0.25) is 0 Å². The summed E-state index contributed by atoms with van der Waals surface area (Å²) in [6.45, 7) is 4.86. The van der Waals surface area contributed by atoms with Gasteiger partial charge in [-0.2, -0.15) is 0 Å². The van der Waals surface area contributed by atoms with Crippen LogP contribution in [0.1, 0.15) is 38.2 Å². The molecule has 0 radical (unpaired) electrons. The highest BCUT2D eigenvalue weighted by Gasteiger charge is 2.26. The number of hydrogen-bond donors (Lipinski definition) is 1. The first kappa shape index (κ1) is 19.5. The van der Waals surface area contributed by atoms with E-state index in [4.69, 9.17) is 9.47 Å². The number of piperidine rings is 1. The summed E-state index contributed by atoms with van der Waals surface area (Å²) in [6.07, 6.45) is 4.48. The van der Waals surface area contributed by atoms with Crippen LogP contribution < -0.4 is 10.2 Å². The molecular weight excluding hydrogens is 346 g/mol. The van der Waals surface area contributed by atoms with Crippen molar-refractivity contribution in [1.29, 1.82) is 0 Å². The van der Waals surface area contributed by atoms with Crippen LogP contribution in [0.3, 0.4) is 0 Å². The Morgan fingerprint density at radius 2 is 2.11 bits per heavy atom. The Morgan fingerprint density at radius 1 is 1.26 bits per heavy atom. The molecule has 7 nitrogen and oxygen atoms in total. The largest absolute Gasteiger partial charge is 0.452 e. The van der Waals surface area contributed by atoms with Crippen molar-refractivity contribution in [3.63, 3.8) is 0 Å². The maximum atomic E-state index is 12.6. The van der Waals surface area contributed by atoms with Crippen LogP contribution >= 0.6 is 0 Å². The SMILES string of the molecule is CCCOC1CCCN(C(=O)Nc2ccc3c(c2)CCCN3C(=O)OC)C1. The Kier molecular flexibility index (Phi) is 6.55. The molecule has 0 aromatic heterocycles. The maximum Gasteiger partial charge on any atom is 0.414 e. The van der Waals surface area contributed by atoms with Gasteiger partial charge < -0.3 is 19.7 Å². The number of fused-ring (bicyclic) bond motifs is 1.